The largest absolute Gasteiger partial charge is 0.496 e. The Bertz CT molecular complexity index is 931. The number of hydrogen-bond acceptors (Lipinski definition) is 5. The Balaban J connectivity index is 1.69. The molecule has 0 saturated carbocycles. The predicted molar refractivity (Wildman–Crippen MR) is 112 cm³/mol. The molecule has 2 saturated heterocycles. The molecule has 2 aliphatic heterocycles. The maximum atomic E-state index is 13.1. The molecule has 7 heteroatoms. The van der Waals surface area contributed by atoms with Crippen LogP contribution >= 0.6 is 15.9 Å². The molecule has 6 nitrogen and oxygen atoms in total. The summed E-state index contributed by atoms with van der Waals surface area (Å²) in [7, 11) is 1.62. The summed E-state index contributed by atoms with van der Waals surface area (Å²) in [6, 6.07) is 11.8. The van der Waals surface area contributed by atoms with Crippen LogP contribution < -0.4 is 14.4 Å². The minimum absolute atomic E-state index is 0.129. The molecule has 1 amide bonds. The van der Waals surface area contributed by atoms with Gasteiger partial charge in [0.05, 0.1) is 13.7 Å². The summed E-state index contributed by atoms with van der Waals surface area (Å²) in [5, 5.41) is 0. The molecular weight excluding hydrogens is 438 g/mol. The van der Waals surface area contributed by atoms with Crippen LogP contribution in [-0.4, -0.2) is 37.6 Å². The fourth-order valence-corrected chi connectivity index (χ4v) is 4.46. The van der Waals surface area contributed by atoms with E-state index in [2.05, 4.69) is 15.9 Å². The van der Waals surface area contributed by atoms with E-state index in [0.717, 1.165) is 15.6 Å². The molecule has 2 fully saturated rings. The van der Waals surface area contributed by atoms with E-state index in [4.69, 9.17) is 18.9 Å². The standard InChI is InChI=1S/C22H24BrNO5/c1-13-16(26-4)10-15(23)18(19(13)27-12-14-8-6-5-7-9-14)24-11-17-20(21(24)25)29-22(2,3)28-17/h5-10,17,20H,11-12H2,1-4H3/t17-,20-/m1/s1. The lowest BCUT2D eigenvalue weighted by molar-refractivity contribution is -0.157. The number of rotatable bonds is 5. The molecular formula is C22H24BrNO5. The van der Waals surface area contributed by atoms with E-state index in [-0.39, 0.29) is 12.0 Å². The van der Waals surface area contributed by atoms with Crippen LogP contribution in [0.25, 0.3) is 0 Å². The van der Waals surface area contributed by atoms with Crippen LogP contribution in [0.5, 0.6) is 11.5 Å². The summed E-state index contributed by atoms with van der Waals surface area (Å²) >= 11 is 3.60. The maximum Gasteiger partial charge on any atom is 0.259 e. The van der Waals surface area contributed by atoms with E-state index in [1.54, 1.807) is 12.0 Å². The molecule has 0 N–H and O–H groups in total. The van der Waals surface area contributed by atoms with Gasteiger partial charge in [0, 0.05) is 10.0 Å². The van der Waals surface area contributed by atoms with Gasteiger partial charge in [0.15, 0.2) is 17.6 Å². The SMILES string of the molecule is COc1cc(Br)c(N2C[C@H]3OC(C)(C)O[C@H]3C2=O)c(OCc2ccccc2)c1C. The van der Waals surface area contributed by atoms with Crippen LogP contribution in [0.1, 0.15) is 25.0 Å². The van der Waals surface area contributed by atoms with Gasteiger partial charge in [0.1, 0.15) is 24.1 Å². The van der Waals surface area contributed by atoms with Gasteiger partial charge >= 0.3 is 0 Å². The summed E-state index contributed by atoms with van der Waals surface area (Å²) in [6.45, 7) is 6.35. The van der Waals surface area contributed by atoms with E-state index < -0.39 is 11.9 Å². The van der Waals surface area contributed by atoms with Crippen molar-refractivity contribution in [2.75, 3.05) is 18.6 Å². The van der Waals surface area contributed by atoms with Crippen molar-refractivity contribution < 1.29 is 23.7 Å². The number of carbonyl (C=O) groups excluding carboxylic acids is 1. The maximum absolute atomic E-state index is 13.1. The van der Waals surface area contributed by atoms with Crippen LogP contribution in [0.4, 0.5) is 5.69 Å². The lowest BCUT2D eigenvalue weighted by atomic mass is 10.1. The zero-order valence-corrected chi connectivity index (χ0v) is 18.5. The van der Waals surface area contributed by atoms with Crippen molar-refractivity contribution in [2.24, 2.45) is 0 Å². The van der Waals surface area contributed by atoms with E-state index in [1.165, 1.54) is 0 Å². The first kappa shape index (κ1) is 20.2. The van der Waals surface area contributed by atoms with Gasteiger partial charge in [-0.2, -0.15) is 0 Å². The predicted octanol–water partition coefficient (Wildman–Crippen LogP) is 4.21. The Hall–Kier alpha value is -2.09. The highest BCUT2D eigenvalue weighted by atomic mass is 79.9. The molecule has 0 aromatic heterocycles. The molecule has 154 valence electrons. The number of ether oxygens (including phenoxy) is 4. The van der Waals surface area contributed by atoms with Crippen LogP contribution in [0.2, 0.25) is 0 Å². The van der Waals surface area contributed by atoms with Crippen LogP contribution in [0, 0.1) is 6.92 Å². The fraction of sp³-hybridized carbons (Fsp3) is 0.409. The molecule has 2 aromatic carbocycles. The third kappa shape index (κ3) is 3.74. The molecule has 29 heavy (non-hydrogen) atoms. The van der Waals surface area contributed by atoms with Gasteiger partial charge in [-0.1, -0.05) is 30.3 Å². The zero-order valence-electron chi connectivity index (χ0n) is 16.9. The van der Waals surface area contributed by atoms with Gasteiger partial charge in [-0.15, -0.1) is 0 Å². The Kier molecular flexibility index (Phi) is 5.31. The fourth-order valence-electron chi connectivity index (χ4n) is 3.86. The van der Waals surface area contributed by atoms with Crippen molar-refractivity contribution >= 4 is 27.5 Å². The van der Waals surface area contributed by atoms with E-state index >= 15 is 0 Å². The number of fused-ring (bicyclic) bond motifs is 1. The summed E-state index contributed by atoms with van der Waals surface area (Å²) in [5.74, 6) is 0.406. The molecule has 2 heterocycles. The topological polar surface area (TPSA) is 57.2 Å². The molecule has 4 rings (SSSR count). The number of anilines is 1. The lowest BCUT2D eigenvalue weighted by Gasteiger charge is -2.27. The minimum atomic E-state index is -0.753. The van der Waals surface area contributed by atoms with Crippen molar-refractivity contribution in [3.63, 3.8) is 0 Å². The summed E-state index contributed by atoms with van der Waals surface area (Å²) in [5.41, 5.74) is 2.53. The Morgan fingerprint density at radius 3 is 2.62 bits per heavy atom. The highest BCUT2D eigenvalue weighted by Crippen LogP contribution is 2.47. The number of hydrogen-bond donors (Lipinski definition) is 0. The molecule has 0 radical (unpaired) electrons. The number of methoxy groups -OCH3 is 1. The van der Waals surface area contributed by atoms with Crippen LogP contribution in [0.3, 0.4) is 0 Å². The van der Waals surface area contributed by atoms with E-state index in [0.29, 0.717) is 30.3 Å². The van der Waals surface area contributed by atoms with E-state index in [9.17, 15) is 4.79 Å². The first-order valence-electron chi connectivity index (χ1n) is 9.51. The van der Waals surface area contributed by atoms with Crippen molar-refractivity contribution in [1.29, 1.82) is 0 Å². The van der Waals surface area contributed by atoms with Gasteiger partial charge in [-0.3, -0.25) is 4.79 Å². The first-order chi connectivity index (χ1) is 13.8. The van der Waals surface area contributed by atoms with Gasteiger partial charge in [-0.25, -0.2) is 0 Å². The minimum Gasteiger partial charge on any atom is -0.496 e. The molecule has 2 aliphatic rings. The van der Waals surface area contributed by atoms with Gasteiger partial charge in [0.2, 0.25) is 0 Å². The smallest absolute Gasteiger partial charge is 0.259 e. The van der Waals surface area contributed by atoms with Crippen LogP contribution in [-0.2, 0) is 20.9 Å². The first-order valence-corrected chi connectivity index (χ1v) is 10.3. The average molecular weight is 462 g/mol. The molecule has 0 unspecified atom stereocenters. The second-order valence-electron chi connectivity index (χ2n) is 7.68. The number of nitrogens with zero attached hydrogens (tertiary/aromatic N) is 1. The highest BCUT2D eigenvalue weighted by molar-refractivity contribution is 9.10. The van der Waals surface area contributed by atoms with Crippen molar-refractivity contribution in [3.05, 3.63) is 52.0 Å². The average Bonchev–Trinajstić information content (AvgIpc) is 3.15. The Labute approximate surface area is 178 Å². The van der Waals surface area contributed by atoms with E-state index in [1.807, 2.05) is 57.2 Å². The Morgan fingerprint density at radius 1 is 1.24 bits per heavy atom. The normalized spacial score (nSPS) is 22.7. The molecule has 2 atom stereocenters. The number of halogens is 1. The summed E-state index contributed by atoms with van der Waals surface area (Å²) in [4.78, 5) is 14.8. The van der Waals surface area contributed by atoms with Gasteiger partial charge < -0.3 is 23.8 Å². The molecule has 0 spiro atoms. The van der Waals surface area contributed by atoms with Crippen LogP contribution in [0.15, 0.2) is 40.9 Å². The highest BCUT2D eigenvalue weighted by Gasteiger charge is 2.53. The third-order valence-corrected chi connectivity index (χ3v) is 5.79. The number of amides is 1. The summed E-state index contributed by atoms with van der Waals surface area (Å²) in [6.07, 6.45) is -0.921. The van der Waals surface area contributed by atoms with Gasteiger partial charge in [-0.05, 0) is 48.3 Å². The Morgan fingerprint density at radius 2 is 1.97 bits per heavy atom. The van der Waals surface area contributed by atoms with Gasteiger partial charge in [0.25, 0.3) is 5.91 Å². The van der Waals surface area contributed by atoms with Crippen molar-refractivity contribution in [1.82, 2.24) is 0 Å². The number of carbonyl (C=O) groups is 1. The van der Waals surface area contributed by atoms with Crippen molar-refractivity contribution in [3.8, 4) is 11.5 Å². The quantitative estimate of drug-likeness (QED) is 0.667. The molecule has 0 aliphatic carbocycles. The second kappa shape index (κ2) is 7.63. The zero-order chi connectivity index (χ0) is 20.8. The lowest BCUT2D eigenvalue weighted by Crippen LogP contribution is -2.34. The monoisotopic (exact) mass is 461 g/mol. The summed E-state index contributed by atoms with van der Waals surface area (Å²) < 4.78 is 24.2. The molecule has 0 bridgehead atoms. The third-order valence-electron chi connectivity index (χ3n) is 5.18. The number of benzene rings is 2. The second-order valence-corrected chi connectivity index (χ2v) is 8.54. The van der Waals surface area contributed by atoms with Crippen molar-refractivity contribution in [2.45, 2.75) is 45.4 Å². The molecule has 2 aromatic rings.